The van der Waals surface area contributed by atoms with Gasteiger partial charge in [-0.3, -0.25) is 9.59 Å². The fourth-order valence-electron chi connectivity index (χ4n) is 2.48. The Morgan fingerprint density at radius 1 is 1.08 bits per heavy atom. The van der Waals surface area contributed by atoms with Crippen LogP contribution in [0.2, 0.25) is 0 Å². The van der Waals surface area contributed by atoms with Gasteiger partial charge in [-0.15, -0.1) is 0 Å². The molecule has 0 fully saturated rings. The second-order valence-electron chi connectivity index (χ2n) is 6.06. The van der Waals surface area contributed by atoms with Crippen LogP contribution in [0.4, 0.5) is 5.69 Å². The molecule has 0 aliphatic rings. The van der Waals surface area contributed by atoms with Crippen molar-refractivity contribution in [1.82, 2.24) is 4.90 Å². The van der Waals surface area contributed by atoms with E-state index in [9.17, 15) is 9.59 Å². The molecule has 2 aromatic rings. The van der Waals surface area contributed by atoms with Gasteiger partial charge in [0.1, 0.15) is 5.75 Å². The monoisotopic (exact) mass is 340 g/mol. The SMILES string of the molecule is CCN(C)C(=O)c1cccc(OCC(=O)Nc2cc(C)cc(C)c2)c1. The minimum Gasteiger partial charge on any atom is -0.484 e. The zero-order chi connectivity index (χ0) is 18.4. The fourth-order valence-corrected chi connectivity index (χ4v) is 2.48. The molecule has 0 unspecified atom stereocenters. The second-order valence-corrected chi connectivity index (χ2v) is 6.06. The van der Waals surface area contributed by atoms with Gasteiger partial charge >= 0.3 is 0 Å². The van der Waals surface area contributed by atoms with Crippen LogP contribution in [0.3, 0.4) is 0 Å². The van der Waals surface area contributed by atoms with Crippen LogP contribution in [-0.4, -0.2) is 36.9 Å². The van der Waals surface area contributed by atoms with E-state index in [4.69, 9.17) is 4.74 Å². The lowest BCUT2D eigenvalue weighted by molar-refractivity contribution is -0.118. The van der Waals surface area contributed by atoms with E-state index in [1.54, 1.807) is 36.2 Å². The summed E-state index contributed by atoms with van der Waals surface area (Å²) in [6.45, 7) is 6.38. The zero-order valence-electron chi connectivity index (χ0n) is 15.1. The highest BCUT2D eigenvalue weighted by atomic mass is 16.5. The summed E-state index contributed by atoms with van der Waals surface area (Å²) in [7, 11) is 1.74. The van der Waals surface area contributed by atoms with Crippen LogP contribution >= 0.6 is 0 Å². The largest absolute Gasteiger partial charge is 0.484 e. The third kappa shape index (κ3) is 5.35. The third-order valence-electron chi connectivity index (χ3n) is 3.78. The number of carbonyl (C=O) groups excluding carboxylic acids is 2. The highest BCUT2D eigenvalue weighted by Crippen LogP contribution is 2.16. The molecule has 0 aliphatic heterocycles. The molecule has 132 valence electrons. The van der Waals surface area contributed by atoms with Crippen molar-refractivity contribution in [1.29, 1.82) is 0 Å². The lowest BCUT2D eigenvalue weighted by Crippen LogP contribution is -2.26. The first-order valence-electron chi connectivity index (χ1n) is 8.25. The van der Waals surface area contributed by atoms with E-state index in [0.717, 1.165) is 16.8 Å². The topological polar surface area (TPSA) is 58.6 Å². The third-order valence-corrected chi connectivity index (χ3v) is 3.78. The molecule has 1 N–H and O–H groups in total. The van der Waals surface area contributed by atoms with Gasteiger partial charge in [-0.25, -0.2) is 0 Å². The van der Waals surface area contributed by atoms with Crippen molar-refractivity contribution in [2.24, 2.45) is 0 Å². The molecule has 0 saturated carbocycles. The van der Waals surface area contributed by atoms with Crippen LogP contribution in [0, 0.1) is 13.8 Å². The van der Waals surface area contributed by atoms with E-state index in [2.05, 4.69) is 5.32 Å². The molecule has 2 amide bonds. The normalized spacial score (nSPS) is 10.2. The Bertz CT molecular complexity index is 751. The molecule has 0 heterocycles. The quantitative estimate of drug-likeness (QED) is 0.877. The van der Waals surface area contributed by atoms with E-state index in [0.29, 0.717) is 17.9 Å². The molecule has 5 nitrogen and oxygen atoms in total. The molecular formula is C20H24N2O3. The van der Waals surface area contributed by atoms with Crippen LogP contribution in [0.1, 0.15) is 28.4 Å². The molecule has 0 saturated heterocycles. The smallest absolute Gasteiger partial charge is 0.262 e. The molecule has 2 aromatic carbocycles. The summed E-state index contributed by atoms with van der Waals surface area (Å²) in [6.07, 6.45) is 0. The number of hydrogen-bond donors (Lipinski definition) is 1. The standard InChI is InChI=1S/C20H24N2O3/c1-5-22(4)20(24)16-7-6-8-18(12-16)25-13-19(23)21-17-10-14(2)9-15(3)11-17/h6-12H,5,13H2,1-4H3,(H,21,23). The van der Waals surface area contributed by atoms with Crippen LogP contribution in [0.5, 0.6) is 5.75 Å². The number of aryl methyl sites for hydroxylation is 2. The molecule has 0 atom stereocenters. The Morgan fingerprint density at radius 3 is 2.40 bits per heavy atom. The molecular weight excluding hydrogens is 316 g/mol. The summed E-state index contributed by atoms with van der Waals surface area (Å²) in [4.78, 5) is 25.8. The summed E-state index contributed by atoms with van der Waals surface area (Å²) in [5, 5.41) is 2.82. The first-order chi connectivity index (χ1) is 11.9. The molecule has 0 aromatic heterocycles. The number of benzene rings is 2. The summed E-state index contributed by atoms with van der Waals surface area (Å²) in [5.74, 6) is 0.172. The predicted molar refractivity (Wildman–Crippen MR) is 99.1 cm³/mol. The average molecular weight is 340 g/mol. The Morgan fingerprint density at radius 2 is 1.76 bits per heavy atom. The number of amides is 2. The highest BCUT2D eigenvalue weighted by Gasteiger charge is 2.11. The van der Waals surface area contributed by atoms with E-state index in [-0.39, 0.29) is 18.4 Å². The van der Waals surface area contributed by atoms with Crippen LogP contribution in [-0.2, 0) is 4.79 Å². The molecule has 0 spiro atoms. The van der Waals surface area contributed by atoms with Gasteiger partial charge in [-0.2, -0.15) is 0 Å². The number of anilines is 1. The minimum atomic E-state index is -0.243. The van der Waals surface area contributed by atoms with Crippen molar-refractivity contribution in [3.63, 3.8) is 0 Å². The summed E-state index contributed by atoms with van der Waals surface area (Å²) in [5.41, 5.74) is 3.46. The van der Waals surface area contributed by atoms with Crippen molar-refractivity contribution in [3.05, 3.63) is 59.2 Å². The molecule has 2 rings (SSSR count). The molecule has 25 heavy (non-hydrogen) atoms. The van der Waals surface area contributed by atoms with Crippen LogP contribution < -0.4 is 10.1 Å². The zero-order valence-corrected chi connectivity index (χ0v) is 15.1. The Balaban J connectivity index is 1.96. The Hall–Kier alpha value is -2.82. The lowest BCUT2D eigenvalue weighted by atomic mass is 10.1. The Kier molecular flexibility index (Phi) is 6.17. The maximum absolute atomic E-state index is 12.2. The van der Waals surface area contributed by atoms with Crippen LogP contribution in [0.25, 0.3) is 0 Å². The summed E-state index contributed by atoms with van der Waals surface area (Å²) in [6, 6.07) is 12.7. The predicted octanol–water partition coefficient (Wildman–Crippen LogP) is 3.41. The number of ether oxygens (including phenoxy) is 1. The van der Waals surface area contributed by atoms with Gasteiger partial charge in [0.2, 0.25) is 0 Å². The van der Waals surface area contributed by atoms with Gasteiger partial charge in [0, 0.05) is 24.8 Å². The number of nitrogens with zero attached hydrogens (tertiary/aromatic N) is 1. The van der Waals surface area contributed by atoms with Crippen molar-refractivity contribution < 1.29 is 14.3 Å². The first kappa shape index (κ1) is 18.5. The van der Waals surface area contributed by atoms with Gasteiger partial charge in [0.25, 0.3) is 11.8 Å². The van der Waals surface area contributed by atoms with Gasteiger partial charge in [-0.05, 0) is 62.2 Å². The average Bonchev–Trinajstić information content (AvgIpc) is 2.58. The van der Waals surface area contributed by atoms with E-state index in [1.807, 2.05) is 39.0 Å². The number of hydrogen-bond acceptors (Lipinski definition) is 3. The lowest BCUT2D eigenvalue weighted by Gasteiger charge is -2.15. The number of carbonyl (C=O) groups is 2. The number of rotatable bonds is 6. The van der Waals surface area contributed by atoms with Crippen molar-refractivity contribution in [2.45, 2.75) is 20.8 Å². The fraction of sp³-hybridized carbons (Fsp3) is 0.300. The first-order valence-corrected chi connectivity index (χ1v) is 8.25. The molecule has 0 aliphatic carbocycles. The molecule has 5 heteroatoms. The van der Waals surface area contributed by atoms with E-state index >= 15 is 0 Å². The molecule has 0 radical (unpaired) electrons. The van der Waals surface area contributed by atoms with Crippen LogP contribution in [0.15, 0.2) is 42.5 Å². The maximum atomic E-state index is 12.2. The second kappa shape index (κ2) is 8.33. The van der Waals surface area contributed by atoms with Gasteiger partial charge in [0.15, 0.2) is 6.61 Å². The summed E-state index contributed by atoms with van der Waals surface area (Å²) < 4.78 is 5.52. The van der Waals surface area contributed by atoms with Gasteiger partial charge in [-0.1, -0.05) is 12.1 Å². The van der Waals surface area contributed by atoms with E-state index in [1.165, 1.54) is 0 Å². The van der Waals surface area contributed by atoms with E-state index < -0.39 is 0 Å². The van der Waals surface area contributed by atoms with Gasteiger partial charge in [0.05, 0.1) is 0 Å². The van der Waals surface area contributed by atoms with Crippen molar-refractivity contribution >= 4 is 17.5 Å². The summed E-state index contributed by atoms with van der Waals surface area (Å²) >= 11 is 0. The minimum absolute atomic E-state index is 0.0763. The van der Waals surface area contributed by atoms with Crippen molar-refractivity contribution in [2.75, 3.05) is 25.5 Å². The highest BCUT2D eigenvalue weighted by molar-refractivity contribution is 5.94. The number of nitrogens with one attached hydrogen (secondary N) is 1. The van der Waals surface area contributed by atoms with Gasteiger partial charge < -0.3 is 15.0 Å². The Labute approximate surface area is 148 Å². The maximum Gasteiger partial charge on any atom is 0.262 e. The van der Waals surface area contributed by atoms with Crippen molar-refractivity contribution in [3.8, 4) is 5.75 Å². The molecule has 0 bridgehead atoms.